The Labute approximate surface area is 106 Å². The Bertz CT molecular complexity index is 391. The summed E-state index contributed by atoms with van der Waals surface area (Å²) in [7, 11) is 0. The number of nitrogens with two attached hydrogens (primary N) is 2. The second-order valence-electron chi connectivity index (χ2n) is 4.41. The smallest absolute Gasteiger partial charge is 0.342 e. The molecule has 0 fully saturated rings. The first-order valence-corrected chi connectivity index (χ1v) is 6.18. The topological polar surface area (TPSA) is 113 Å². The molecule has 0 aliphatic heterocycles. The van der Waals surface area contributed by atoms with Crippen LogP contribution in [0.5, 0.6) is 0 Å². The number of aromatic nitrogens is 2. The van der Waals surface area contributed by atoms with E-state index >= 15 is 0 Å². The highest BCUT2D eigenvalue weighted by molar-refractivity contribution is 5.18. The lowest BCUT2D eigenvalue weighted by Crippen LogP contribution is -2.21. The van der Waals surface area contributed by atoms with E-state index in [0.29, 0.717) is 18.9 Å². The van der Waals surface area contributed by atoms with E-state index < -0.39 is 4.92 Å². The molecule has 1 aromatic heterocycles. The zero-order valence-electron chi connectivity index (χ0n) is 10.7. The first-order valence-electron chi connectivity index (χ1n) is 6.18. The lowest BCUT2D eigenvalue weighted by Gasteiger charge is -2.10. The number of nitrogens with zero attached hydrogens (tertiary/aromatic N) is 3. The van der Waals surface area contributed by atoms with Crippen LogP contribution in [-0.2, 0) is 6.54 Å². The van der Waals surface area contributed by atoms with Gasteiger partial charge in [0.05, 0.1) is 6.54 Å². The summed E-state index contributed by atoms with van der Waals surface area (Å²) in [5, 5.41) is 10.8. The summed E-state index contributed by atoms with van der Waals surface area (Å²) < 4.78 is 1.62. The highest BCUT2D eigenvalue weighted by Gasteiger charge is 2.16. The van der Waals surface area contributed by atoms with Gasteiger partial charge in [0.2, 0.25) is 0 Å². The maximum atomic E-state index is 10.8. The number of imidazole rings is 1. The van der Waals surface area contributed by atoms with Crippen LogP contribution in [0.1, 0.15) is 31.5 Å². The molecular formula is C11H21N5O2. The minimum absolute atomic E-state index is 0.0445. The van der Waals surface area contributed by atoms with Gasteiger partial charge in [0.25, 0.3) is 0 Å². The van der Waals surface area contributed by atoms with E-state index in [1.54, 1.807) is 11.5 Å². The maximum absolute atomic E-state index is 10.8. The molecule has 0 aromatic carbocycles. The molecule has 1 unspecified atom stereocenters. The van der Waals surface area contributed by atoms with Gasteiger partial charge in [-0.25, -0.2) is 9.55 Å². The maximum Gasteiger partial charge on any atom is 0.342 e. The molecule has 0 saturated carbocycles. The van der Waals surface area contributed by atoms with Crippen LogP contribution >= 0.6 is 0 Å². The van der Waals surface area contributed by atoms with Crippen LogP contribution < -0.4 is 11.5 Å². The van der Waals surface area contributed by atoms with Crippen LogP contribution in [0.25, 0.3) is 0 Å². The van der Waals surface area contributed by atoms with Crippen LogP contribution in [0.15, 0.2) is 6.20 Å². The Morgan fingerprint density at radius 3 is 2.78 bits per heavy atom. The van der Waals surface area contributed by atoms with Crippen molar-refractivity contribution in [1.29, 1.82) is 0 Å². The molecule has 4 N–H and O–H groups in total. The van der Waals surface area contributed by atoms with Gasteiger partial charge in [0.1, 0.15) is 6.20 Å². The van der Waals surface area contributed by atoms with E-state index in [-0.39, 0.29) is 11.9 Å². The average molecular weight is 255 g/mol. The summed E-state index contributed by atoms with van der Waals surface area (Å²) in [5.74, 6) is 0.709. The predicted molar refractivity (Wildman–Crippen MR) is 69.1 cm³/mol. The second kappa shape index (κ2) is 7.07. The quantitative estimate of drug-likeness (QED) is 0.530. The Morgan fingerprint density at radius 1 is 1.50 bits per heavy atom. The zero-order valence-corrected chi connectivity index (χ0v) is 10.7. The van der Waals surface area contributed by atoms with Crippen molar-refractivity contribution in [3.05, 3.63) is 22.1 Å². The molecule has 1 rings (SSSR count). The van der Waals surface area contributed by atoms with E-state index in [9.17, 15) is 10.1 Å². The SMILES string of the molecule is Cc1ncc([N+](=O)[O-])n1CCCC(N)CCCN. The third-order valence-electron chi connectivity index (χ3n) is 2.96. The average Bonchev–Trinajstić information content (AvgIpc) is 2.68. The van der Waals surface area contributed by atoms with Gasteiger partial charge >= 0.3 is 5.82 Å². The number of hydrogen-bond acceptors (Lipinski definition) is 5. The van der Waals surface area contributed by atoms with Gasteiger partial charge in [-0.2, -0.15) is 0 Å². The number of hydrogen-bond donors (Lipinski definition) is 2. The molecule has 0 spiro atoms. The summed E-state index contributed by atoms with van der Waals surface area (Å²) in [4.78, 5) is 14.3. The van der Waals surface area contributed by atoms with E-state index in [2.05, 4.69) is 4.98 Å². The monoisotopic (exact) mass is 255 g/mol. The van der Waals surface area contributed by atoms with Crippen molar-refractivity contribution in [3.8, 4) is 0 Å². The molecule has 0 radical (unpaired) electrons. The zero-order chi connectivity index (χ0) is 13.5. The van der Waals surface area contributed by atoms with Crippen molar-refractivity contribution >= 4 is 5.82 Å². The molecule has 1 atom stereocenters. The molecule has 0 amide bonds. The minimum Gasteiger partial charge on any atom is -0.358 e. The van der Waals surface area contributed by atoms with Crippen LogP contribution in [0.4, 0.5) is 5.82 Å². The Morgan fingerprint density at radius 2 is 2.17 bits per heavy atom. The molecule has 1 aromatic rings. The Hall–Kier alpha value is -1.47. The van der Waals surface area contributed by atoms with Gasteiger partial charge in [-0.15, -0.1) is 0 Å². The first kappa shape index (κ1) is 14.6. The summed E-state index contributed by atoms with van der Waals surface area (Å²) in [6.07, 6.45) is 4.77. The Kier molecular flexibility index (Phi) is 5.73. The molecule has 0 bridgehead atoms. The van der Waals surface area contributed by atoms with Gasteiger partial charge in [0, 0.05) is 13.0 Å². The molecule has 18 heavy (non-hydrogen) atoms. The number of nitro groups is 1. The van der Waals surface area contributed by atoms with E-state index in [1.807, 2.05) is 0 Å². The Balaban J connectivity index is 2.44. The second-order valence-corrected chi connectivity index (χ2v) is 4.41. The van der Waals surface area contributed by atoms with Gasteiger partial charge in [-0.05, 0) is 37.2 Å². The van der Waals surface area contributed by atoms with E-state index in [4.69, 9.17) is 11.5 Å². The van der Waals surface area contributed by atoms with Gasteiger partial charge in [-0.1, -0.05) is 0 Å². The fourth-order valence-electron chi connectivity index (χ4n) is 1.91. The summed E-state index contributed by atoms with van der Waals surface area (Å²) in [5.41, 5.74) is 11.3. The fourth-order valence-corrected chi connectivity index (χ4v) is 1.91. The van der Waals surface area contributed by atoms with E-state index in [1.165, 1.54) is 6.20 Å². The van der Waals surface area contributed by atoms with E-state index in [0.717, 1.165) is 25.7 Å². The third-order valence-corrected chi connectivity index (χ3v) is 2.96. The van der Waals surface area contributed by atoms with Gasteiger partial charge in [0.15, 0.2) is 5.82 Å². The van der Waals surface area contributed by atoms with Gasteiger partial charge in [-0.3, -0.25) is 0 Å². The largest absolute Gasteiger partial charge is 0.358 e. The summed E-state index contributed by atoms with van der Waals surface area (Å²) in [6, 6.07) is 0.122. The van der Waals surface area contributed by atoms with Crippen molar-refractivity contribution in [2.45, 2.75) is 45.2 Å². The highest BCUT2D eigenvalue weighted by atomic mass is 16.6. The molecule has 0 saturated heterocycles. The predicted octanol–water partition coefficient (Wildman–Crippen LogP) is 0.946. The molecule has 102 valence electrons. The lowest BCUT2D eigenvalue weighted by atomic mass is 10.1. The number of rotatable bonds is 8. The number of aryl methyl sites for hydroxylation is 1. The molecule has 0 aliphatic carbocycles. The summed E-state index contributed by atoms with van der Waals surface area (Å²) >= 11 is 0. The molecule has 7 heteroatoms. The van der Waals surface area contributed by atoms with Gasteiger partial charge < -0.3 is 21.6 Å². The molecular weight excluding hydrogens is 234 g/mol. The molecule has 1 heterocycles. The minimum atomic E-state index is -0.408. The van der Waals surface area contributed by atoms with Crippen LogP contribution in [0.3, 0.4) is 0 Å². The van der Waals surface area contributed by atoms with Crippen molar-refractivity contribution in [2.75, 3.05) is 6.54 Å². The molecule has 0 aliphatic rings. The van der Waals surface area contributed by atoms with Crippen LogP contribution in [0.2, 0.25) is 0 Å². The summed E-state index contributed by atoms with van der Waals surface area (Å²) in [6.45, 7) is 3.00. The first-order chi connectivity index (χ1) is 8.56. The third kappa shape index (κ3) is 4.08. The van der Waals surface area contributed by atoms with Crippen LogP contribution in [-0.4, -0.2) is 27.1 Å². The van der Waals surface area contributed by atoms with Crippen LogP contribution in [0, 0.1) is 17.0 Å². The van der Waals surface area contributed by atoms with Crippen molar-refractivity contribution in [1.82, 2.24) is 9.55 Å². The fraction of sp³-hybridized carbons (Fsp3) is 0.727. The lowest BCUT2D eigenvalue weighted by molar-refractivity contribution is -0.392. The van der Waals surface area contributed by atoms with Crippen molar-refractivity contribution in [3.63, 3.8) is 0 Å². The standard InChI is InChI=1S/C11H21N5O2/c1-9-14-8-11(16(17)18)15(9)7-3-5-10(13)4-2-6-12/h8,10H,2-7,12-13H2,1H3. The normalized spacial score (nSPS) is 12.6. The van der Waals surface area contributed by atoms with Crippen molar-refractivity contribution in [2.24, 2.45) is 11.5 Å². The van der Waals surface area contributed by atoms with Crippen molar-refractivity contribution < 1.29 is 4.92 Å². The molecule has 7 nitrogen and oxygen atoms in total. The highest BCUT2D eigenvalue weighted by Crippen LogP contribution is 2.15.